The van der Waals surface area contributed by atoms with Crippen LogP contribution in [0, 0.1) is 0 Å². The largest absolute Gasteiger partial charge is 0.416 e. The van der Waals surface area contributed by atoms with Gasteiger partial charge in [0.15, 0.2) is 0 Å². The molecule has 5 nitrogen and oxygen atoms in total. The lowest BCUT2D eigenvalue weighted by Crippen LogP contribution is -2.54. The zero-order valence-corrected chi connectivity index (χ0v) is 14.9. The number of aliphatic hydroxyl groups is 2. The average molecular weight is 401 g/mol. The molecule has 1 aliphatic rings. The Morgan fingerprint density at radius 3 is 2.15 bits per heavy atom. The normalized spacial score (nSPS) is 24.7. The lowest BCUT2D eigenvalue weighted by molar-refractivity contribution is -0.137. The Bertz CT molecular complexity index is 900. The van der Waals surface area contributed by atoms with E-state index in [0.29, 0.717) is 17.7 Å². The Hall–Kier alpha value is -1.94. The van der Waals surface area contributed by atoms with Crippen LogP contribution in [-0.4, -0.2) is 42.1 Å². The molecule has 0 saturated carbocycles. The maximum atomic E-state index is 12.7. The van der Waals surface area contributed by atoms with Gasteiger partial charge in [0.25, 0.3) is 0 Å². The quantitative estimate of drug-likeness (QED) is 0.828. The van der Waals surface area contributed by atoms with Gasteiger partial charge in [0, 0.05) is 13.1 Å². The summed E-state index contributed by atoms with van der Waals surface area (Å²) in [7, 11) is -4.09. The van der Waals surface area contributed by atoms with Crippen LogP contribution in [0.3, 0.4) is 0 Å². The Labute approximate surface area is 154 Å². The fraction of sp³-hybridized carbons (Fsp3) is 0.333. The molecule has 3 rings (SSSR count). The number of piperidine rings is 1. The van der Waals surface area contributed by atoms with Crippen molar-refractivity contribution in [2.24, 2.45) is 0 Å². The predicted molar refractivity (Wildman–Crippen MR) is 91.2 cm³/mol. The minimum absolute atomic E-state index is 0.0436. The molecule has 9 heteroatoms. The van der Waals surface area contributed by atoms with Crippen LogP contribution in [-0.2, 0) is 21.8 Å². The van der Waals surface area contributed by atoms with Crippen molar-refractivity contribution in [3.8, 4) is 0 Å². The van der Waals surface area contributed by atoms with Crippen LogP contribution < -0.4 is 0 Å². The molecule has 2 aromatic carbocycles. The summed E-state index contributed by atoms with van der Waals surface area (Å²) < 4.78 is 64.3. The number of aliphatic hydroxyl groups excluding tert-OH is 1. The van der Waals surface area contributed by atoms with E-state index in [0.717, 1.165) is 16.4 Å². The van der Waals surface area contributed by atoms with Crippen LogP contribution in [0.25, 0.3) is 0 Å². The molecule has 146 valence electrons. The second kappa shape index (κ2) is 6.90. The molecule has 27 heavy (non-hydrogen) atoms. The van der Waals surface area contributed by atoms with Crippen molar-refractivity contribution in [1.29, 1.82) is 0 Å². The molecule has 2 N–H and O–H groups in total. The molecule has 1 saturated heterocycles. The SMILES string of the molecule is O=S(=O)(c1ccc(C(F)(F)F)cc1)N1CC[C@](O)(c2ccccc2)[C@@H](O)C1. The van der Waals surface area contributed by atoms with Crippen molar-refractivity contribution in [1.82, 2.24) is 4.31 Å². The molecule has 0 amide bonds. The van der Waals surface area contributed by atoms with Gasteiger partial charge in [-0.25, -0.2) is 8.42 Å². The van der Waals surface area contributed by atoms with Gasteiger partial charge in [-0.2, -0.15) is 17.5 Å². The summed E-state index contributed by atoms with van der Waals surface area (Å²) in [4.78, 5) is -0.298. The summed E-state index contributed by atoms with van der Waals surface area (Å²) in [5, 5.41) is 21.2. The molecule has 1 heterocycles. The van der Waals surface area contributed by atoms with E-state index in [1.807, 2.05) is 0 Å². The van der Waals surface area contributed by atoms with E-state index < -0.39 is 33.5 Å². The van der Waals surface area contributed by atoms with Crippen molar-refractivity contribution in [2.45, 2.75) is 29.2 Å². The van der Waals surface area contributed by atoms with Crippen LogP contribution in [0.4, 0.5) is 13.2 Å². The first kappa shape index (κ1) is 19.8. The summed E-state index contributed by atoms with van der Waals surface area (Å²) in [5.41, 5.74) is -2.06. The fourth-order valence-electron chi connectivity index (χ4n) is 3.14. The van der Waals surface area contributed by atoms with Crippen LogP contribution >= 0.6 is 0 Å². The second-order valence-corrected chi connectivity index (χ2v) is 8.38. The number of β-amino-alcohol motifs (C(OH)–C–C–N with tert-alkyl or cyclic N) is 1. The Balaban J connectivity index is 1.82. The highest BCUT2D eigenvalue weighted by atomic mass is 32.2. The van der Waals surface area contributed by atoms with E-state index in [-0.39, 0.29) is 24.4 Å². The van der Waals surface area contributed by atoms with E-state index >= 15 is 0 Å². The third-order valence-electron chi connectivity index (χ3n) is 4.76. The highest BCUT2D eigenvalue weighted by molar-refractivity contribution is 7.89. The highest BCUT2D eigenvalue weighted by Gasteiger charge is 2.45. The highest BCUT2D eigenvalue weighted by Crippen LogP contribution is 2.35. The number of halogens is 3. The maximum absolute atomic E-state index is 12.7. The molecule has 1 fully saturated rings. The van der Waals surface area contributed by atoms with Gasteiger partial charge in [-0.1, -0.05) is 30.3 Å². The first-order chi connectivity index (χ1) is 12.5. The molecule has 1 aliphatic heterocycles. The first-order valence-electron chi connectivity index (χ1n) is 8.18. The topological polar surface area (TPSA) is 77.8 Å². The molecule has 0 aliphatic carbocycles. The summed E-state index contributed by atoms with van der Waals surface area (Å²) in [6, 6.07) is 11.6. The third-order valence-corrected chi connectivity index (χ3v) is 6.64. The summed E-state index contributed by atoms with van der Waals surface area (Å²) >= 11 is 0. The van der Waals surface area contributed by atoms with Gasteiger partial charge in [-0.3, -0.25) is 0 Å². The number of alkyl halides is 3. The van der Waals surface area contributed by atoms with Crippen molar-refractivity contribution in [2.75, 3.05) is 13.1 Å². The number of benzene rings is 2. The van der Waals surface area contributed by atoms with Crippen LogP contribution in [0.5, 0.6) is 0 Å². The second-order valence-electron chi connectivity index (χ2n) is 6.44. The van der Waals surface area contributed by atoms with Gasteiger partial charge in [-0.05, 0) is 36.2 Å². The van der Waals surface area contributed by atoms with E-state index in [1.165, 1.54) is 0 Å². The van der Waals surface area contributed by atoms with Gasteiger partial charge in [-0.15, -0.1) is 0 Å². The van der Waals surface area contributed by atoms with E-state index in [9.17, 15) is 31.8 Å². The lowest BCUT2D eigenvalue weighted by atomic mass is 9.83. The summed E-state index contributed by atoms with van der Waals surface area (Å²) in [6.07, 6.45) is -5.98. The molecule has 0 unspecified atom stereocenters. The molecular weight excluding hydrogens is 383 g/mol. The lowest BCUT2D eigenvalue weighted by Gasteiger charge is -2.41. The standard InChI is InChI=1S/C18H18F3NO4S/c19-18(20,21)14-6-8-15(9-7-14)27(25,26)22-11-10-17(24,16(23)12-22)13-4-2-1-3-5-13/h1-9,16,23-24H,10-12H2/t16-,17-/m0/s1. The molecule has 0 spiro atoms. The molecule has 0 bridgehead atoms. The van der Waals surface area contributed by atoms with Crippen LogP contribution in [0.15, 0.2) is 59.5 Å². The Morgan fingerprint density at radius 1 is 1.04 bits per heavy atom. The fourth-order valence-corrected chi connectivity index (χ4v) is 4.59. The molecule has 0 aromatic heterocycles. The number of sulfonamides is 1. The van der Waals surface area contributed by atoms with Crippen LogP contribution in [0.2, 0.25) is 0 Å². The smallest absolute Gasteiger partial charge is 0.388 e. The van der Waals surface area contributed by atoms with Gasteiger partial charge in [0.1, 0.15) is 11.7 Å². The van der Waals surface area contributed by atoms with Crippen molar-refractivity contribution in [3.05, 3.63) is 65.7 Å². The Morgan fingerprint density at radius 2 is 1.63 bits per heavy atom. The summed E-state index contributed by atoms with van der Waals surface area (Å²) in [6.45, 7) is -0.444. The zero-order valence-electron chi connectivity index (χ0n) is 14.1. The molecule has 2 atom stereocenters. The summed E-state index contributed by atoms with van der Waals surface area (Å²) in [5.74, 6) is 0. The van der Waals surface area contributed by atoms with Gasteiger partial charge >= 0.3 is 6.18 Å². The monoisotopic (exact) mass is 401 g/mol. The molecule has 2 aromatic rings. The first-order valence-corrected chi connectivity index (χ1v) is 9.62. The Kier molecular flexibility index (Phi) is 5.06. The van der Waals surface area contributed by atoms with Gasteiger partial charge < -0.3 is 10.2 Å². The predicted octanol–water partition coefficient (Wildman–Crippen LogP) is 2.35. The van der Waals surface area contributed by atoms with Gasteiger partial charge in [0.2, 0.25) is 10.0 Å². The number of hydrogen-bond donors (Lipinski definition) is 2. The van der Waals surface area contributed by atoms with Gasteiger partial charge in [0.05, 0.1) is 10.5 Å². The maximum Gasteiger partial charge on any atom is 0.416 e. The van der Waals surface area contributed by atoms with Crippen LogP contribution in [0.1, 0.15) is 17.5 Å². The van der Waals surface area contributed by atoms with Crippen molar-refractivity contribution >= 4 is 10.0 Å². The number of rotatable bonds is 3. The average Bonchev–Trinajstić information content (AvgIpc) is 2.64. The molecular formula is C18H18F3NO4S. The van der Waals surface area contributed by atoms with E-state index in [4.69, 9.17) is 0 Å². The minimum Gasteiger partial charge on any atom is -0.388 e. The zero-order chi connectivity index (χ0) is 19.9. The third kappa shape index (κ3) is 3.73. The minimum atomic E-state index is -4.56. The van der Waals surface area contributed by atoms with Crippen molar-refractivity contribution < 1.29 is 31.8 Å². The number of hydrogen-bond acceptors (Lipinski definition) is 4. The molecule has 0 radical (unpaired) electrons. The van der Waals surface area contributed by atoms with E-state index in [2.05, 4.69) is 0 Å². The number of nitrogens with zero attached hydrogens (tertiary/aromatic N) is 1. The van der Waals surface area contributed by atoms with E-state index in [1.54, 1.807) is 30.3 Å². The van der Waals surface area contributed by atoms with Crippen molar-refractivity contribution in [3.63, 3.8) is 0 Å².